The molecule has 448 valence electrons. The molecule has 3 atom stereocenters. The zero-order chi connectivity index (χ0) is 60.8. The van der Waals surface area contributed by atoms with Crippen LogP contribution in [0, 0.1) is 0 Å². The van der Waals surface area contributed by atoms with Crippen molar-refractivity contribution in [2.45, 2.75) is 162 Å². The second kappa shape index (κ2) is 35.7. The SMILES string of the molecule is CN(CC(=O)O)NC(=O)C[C@@H](N)CCNS(C)(=O)=O.CN(CC(=O)OC(C)(C)C)NC(=O)C[C@H](CCN=[N+]=[N-])NC(=O)OC(C)(C)C.CN(CC(=O)OC(C)(C)C)NC(=O)C[C@H](CCNS(C)(=O)=O)NC(=O)OC(C)(C)C. The largest absolute Gasteiger partial charge is 0.480 e. The molecule has 33 heteroatoms. The van der Waals surface area contributed by atoms with E-state index in [4.69, 9.17) is 35.3 Å². The number of amides is 5. The number of nitrogens with zero attached hydrogens (tertiary/aromatic N) is 6. The summed E-state index contributed by atoms with van der Waals surface area (Å²) in [6.45, 7) is 20.4. The van der Waals surface area contributed by atoms with Crippen LogP contribution in [-0.4, -0.2) is 198 Å². The molecule has 31 nitrogen and oxygen atoms in total. The Morgan fingerprint density at radius 1 is 0.558 bits per heavy atom. The number of carbonyl (C=O) groups excluding carboxylic acids is 7. The summed E-state index contributed by atoms with van der Waals surface area (Å²) in [6.07, 6.45) is 1.13. The lowest BCUT2D eigenvalue weighted by Gasteiger charge is -2.25. The van der Waals surface area contributed by atoms with Gasteiger partial charge in [0.15, 0.2) is 0 Å². The number of hydrazine groups is 3. The molecule has 10 N–H and O–H groups in total. The summed E-state index contributed by atoms with van der Waals surface area (Å²) in [5.41, 5.74) is 18.8. The zero-order valence-electron chi connectivity index (χ0n) is 47.8. The number of hydrogen-bond acceptors (Lipinski definition) is 21. The summed E-state index contributed by atoms with van der Waals surface area (Å²) < 4.78 is 69.4. The molecule has 5 amide bonds. The van der Waals surface area contributed by atoms with Gasteiger partial charge < -0.3 is 40.4 Å². The number of rotatable bonds is 28. The molecule has 0 aromatic carbocycles. The van der Waals surface area contributed by atoms with Crippen molar-refractivity contribution in [2.75, 3.05) is 72.9 Å². The number of hydrogen-bond donors (Lipinski definition) is 9. The summed E-state index contributed by atoms with van der Waals surface area (Å²) in [4.78, 5) is 96.6. The lowest BCUT2D eigenvalue weighted by Crippen LogP contribution is -2.47. The highest BCUT2D eigenvalue weighted by molar-refractivity contribution is 7.89. The summed E-state index contributed by atoms with van der Waals surface area (Å²) in [5, 5.41) is 20.8. The van der Waals surface area contributed by atoms with E-state index in [1.807, 2.05) is 0 Å². The van der Waals surface area contributed by atoms with E-state index in [9.17, 15) is 55.2 Å². The van der Waals surface area contributed by atoms with Crippen molar-refractivity contribution >= 4 is 67.9 Å². The van der Waals surface area contributed by atoms with Crippen molar-refractivity contribution in [3.8, 4) is 0 Å². The first-order chi connectivity index (χ1) is 34.7. The number of nitrogens with two attached hydrogens (primary N) is 1. The van der Waals surface area contributed by atoms with Crippen molar-refractivity contribution in [3.63, 3.8) is 0 Å². The summed E-state index contributed by atoms with van der Waals surface area (Å²) >= 11 is 0. The Kier molecular flexibility index (Phi) is 35.0. The molecule has 0 fully saturated rings. The molecule has 0 heterocycles. The first-order valence-corrected chi connectivity index (χ1v) is 27.8. The number of alkyl carbamates (subject to hydrolysis) is 2. The van der Waals surface area contributed by atoms with Gasteiger partial charge in [0.1, 0.15) is 42.0 Å². The maximum absolute atomic E-state index is 12.3. The number of carbonyl (C=O) groups is 8. The lowest BCUT2D eigenvalue weighted by atomic mass is 10.1. The molecule has 0 spiro atoms. The first kappa shape index (κ1) is 75.6. The highest BCUT2D eigenvalue weighted by Gasteiger charge is 2.25. The zero-order valence-corrected chi connectivity index (χ0v) is 49.4. The van der Waals surface area contributed by atoms with Crippen molar-refractivity contribution < 1.29 is 79.2 Å². The summed E-state index contributed by atoms with van der Waals surface area (Å²) in [6, 6.07) is -1.80. The average Bonchev–Trinajstić information content (AvgIpc) is 3.13. The monoisotopic (exact) mass is 1150 g/mol. The van der Waals surface area contributed by atoms with Gasteiger partial charge in [0.25, 0.3) is 0 Å². The number of esters is 2. The van der Waals surface area contributed by atoms with Crippen molar-refractivity contribution in [1.29, 1.82) is 0 Å². The van der Waals surface area contributed by atoms with Crippen LogP contribution in [0.15, 0.2) is 5.11 Å². The summed E-state index contributed by atoms with van der Waals surface area (Å²) in [7, 11) is -2.22. The molecule has 0 aliphatic rings. The Bertz CT molecular complexity index is 2170. The molecular formula is C44H88N14O17S2. The van der Waals surface area contributed by atoms with E-state index in [1.54, 1.807) is 83.1 Å². The molecule has 0 unspecified atom stereocenters. The maximum atomic E-state index is 12.3. The fourth-order valence-corrected chi connectivity index (χ4v) is 6.50. The fourth-order valence-electron chi connectivity index (χ4n) is 5.53. The molecule has 0 saturated carbocycles. The molecule has 0 saturated heterocycles. The fraction of sp³-hybridized carbons (Fsp3) is 0.818. The third-order valence-corrected chi connectivity index (χ3v) is 9.48. The van der Waals surface area contributed by atoms with E-state index in [0.717, 1.165) is 17.5 Å². The molecule has 0 aromatic heterocycles. The summed E-state index contributed by atoms with van der Waals surface area (Å²) in [5.74, 6) is -3.37. The van der Waals surface area contributed by atoms with E-state index >= 15 is 0 Å². The Morgan fingerprint density at radius 3 is 1.21 bits per heavy atom. The minimum absolute atomic E-state index is 0.0185. The molecule has 0 bridgehead atoms. The van der Waals surface area contributed by atoms with E-state index in [0.29, 0.717) is 6.42 Å². The third kappa shape index (κ3) is 54.9. The van der Waals surface area contributed by atoms with E-state index < -0.39 is 108 Å². The van der Waals surface area contributed by atoms with Crippen LogP contribution in [0.1, 0.15) is 122 Å². The van der Waals surface area contributed by atoms with Crippen molar-refractivity contribution in [1.82, 2.24) is 51.4 Å². The normalized spacial score (nSPS) is 13.1. The average molecular weight is 1150 g/mol. The highest BCUT2D eigenvalue weighted by atomic mass is 32.2. The minimum atomic E-state index is -3.41. The molecule has 0 aliphatic heterocycles. The van der Waals surface area contributed by atoms with Crippen LogP contribution in [0.3, 0.4) is 0 Å². The smallest absolute Gasteiger partial charge is 0.407 e. The number of likely N-dealkylation sites (N-methyl/N-ethyl adjacent to an activating group) is 3. The standard InChI is InChI=1S/C18H36N4O7S.C17H32N6O5.C9H20N4O5S/c1-17(2,3)28-15(24)12-22(7)21-14(23)11-13(9-10-19-30(8,26)27)20-16(25)29-18(4,5)6;1-16(2,3)27-14(25)11-23(7)21-13(24)10-12(8-9-19-22-18)20-15(26)28-17(4,5)6;1-13(6-9(15)16)12-8(14)5-7(10)3-4-11-19(2,17)18/h13,19H,9-12H2,1-8H3,(H,20,25)(H,21,23);12H,8-11H2,1-7H3,(H,20,26)(H,21,24);7,11H,3-6,10H2,1-2H3,(H,12,14)(H,15,16)/t13-;12-;7-/m000/s1. The number of nitrogens with one attached hydrogen (secondary N) is 7. The Morgan fingerprint density at radius 2 is 0.883 bits per heavy atom. The van der Waals surface area contributed by atoms with Gasteiger partial charge in [-0.25, -0.2) is 50.9 Å². The van der Waals surface area contributed by atoms with Gasteiger partial charge >= 0.3 is 30.1 Å². The van der Waals surface area contributed by atoms with E-state index in [1.165, 1.54) is 31.2 Å². The Labute approximate surface area is 453 Å². The maximum Gasteiger partial charge on any atom is 0.407 e. The van der Waals surface area contributed by atoms with Crippen LogP contribution in [0.5, 0.6) is 0 Å². The first-order valence-electron chi connectivity index (χ1n) is 24.0. The third-order valence-electron chi connectivity index (χ3n) is 8.02. The van der Waals surface area contributed by atoms with Crippen molar-refractivity contribution in [3.05, 3.63) is 10.4 Å². The van der Waals surface area contributed by atoms with E-state index in [2.05, 4.69) is 46.4 Å². The predicted octanol–water partition coefficient (Wildman–Crippen LogP) is 0.479. The number of carboxylic acids is 1. The lowest BCUT2D eigenvalue weighted by molar-refractivity contribution is -0.158. The van der Waals surface area contributed by atoms with Gasteiger partial charge in [0.05, 0.1) is 12.5 Å². The van der Waals surface area contributed by atoms with Gasteiger partial charge in [-0.3, -0.25) is 45.0 Å². The molecule has 0 rings (SSSR count). The van der Waals surface area contributed by atoms with Gasteiger partial charge in [-0.1, -0.05) is 5.11 Å². The van der Waals surface area contributed by atoms with Crippen LogP contribution in [0.25, 0.3) is 10.4 Å². The topological polar surface area (TPSA) is 431 Å². The highest BCUT2D eigenvalue weighted by Crippen LogP contribution is 2.11. The number of carboxylic acid groups (broad SMARTS) is 1. The van der Waals surface area contributed by atoms with Gasteiger partial charge in [-0.2, -0.15) is 0 Å². The molecule has 0 radical (unpaired) electrons. The van der Waals surface area contributed by atoms with Crippen molar-refractivity contribution in [2.24, 2.45) is 10.8 Å². The predicted molar refractivity (Wildman–Crippen MR) is 283 cm³/mol. The number of ether oxygens (including phenoxy) is 4. The molecule has 0 aromatic rings. The van der Waals surface area contributed by atoms with Gasteiger partial charge in [0.2, 0.25) is 37.8 Å². The quantitative estimate of drug-likeness (QED) is 0.0128. The van der Waals surface area contributed by atoms with Crippen LogP contribution in [0.2, 0.25) is 0 Å². The van der Waals surface area contributed by atoms with Crippen LogP contribution in [-0.2, 0) is 67.8 Å². The number of sulfonamides is 2. The van der Waals surface area contributed by atoms with Crippen LogP contribution in [0.4, 0.5) is 9.59 Å². The van der Waals surface area contributed by atoms with E-state index in [-0.39, 0.29) is 71.4 Å². The van der Waals surface area contributed by atoms with Gasteiger partial charge in [-0.05, 0) is 108 Å². The number of azide groups is 1. The minimum Gasteiger partial charge on any atom is -0.480 e. The second-order valence-corrected chi connectivity index (χ2v) is 25.1. The second-order valence-electron chi connectivity index (χ2n) is 21.5. The molecule has 77 heavy (non-hydrogen) atoms. The molecular weight excluding hydrogens is 1060 g/mol. The molecule has 0 aliphatic carbocycles. The Balaban J connectivity index is -0.00000109. The van der Waals surface area contributed by atoms with Crippen LogP contribution < -0.4 is 42.1 Å². The van der Waals surface area contributed by atoms with Gasteiger partial charge in [0, 0.05) is 83.1 Å². The van der Waals surface area contributed by atoms with Crippen LogP contribution >= 0.6 is 0 Å². The number of aliphatic carboxylic acids is 1. The Hall–Kier alpha value is -5.67. The van der Waals surface area contributed by atoms with Gasteiger partial charge in [-0.15, -0.1) is 0 Å².